The number of phosphoric acid groups is 1. The van der Waals surface area contributed by atoms with Crippen LogP contribution in [-0.4, -0.2) is 16.4 Å². The van der Waals surface area contributed by atoms with Crippen molar-refractivity contribution in [1.29, 1.82) is 0 Å². The van der Waals surface area contributed by atoms with Crippen LogP contribution in [0.1, 0.15) is 162 Å². The number of hydrogen-bond acceptors (Lipinski definition) is 2. The van der Waals surface area contributed by atoms with Gasteiger partial charge in [-0.3, -0.25) is 4.52 Å². The van der Waals surface area contributed by atoms with Crippen LogP contribution in [0, 0.1) is 0 Å². The standard InChI is InChI=1S/C26H55O4P.K.H/c1-2-3-4-5-6-7-8-9-10-11-12-13-14-15-16-17-18-19-20-21-22-23-24-25-26-30-31(27,28)29;;/h2-26H2,1H3,(H2,27,28,29);;/q;+1;-1. The molecule has 0 unspecified atom stereocenters. The number of rotatable bonds is 26. The summed E-state index contributed by atoms with van der Waals surface area (Å²) in [5, 5.41) is 0. The summed E-state index contributed by atoms with van der Waals surface area (Å²) < 4.78 is 15.0. The van der Waals surface area contributed by atoms with Gasteiger partial charge in [-0.15, -0.1) is 0 Å². The maximum atomic E-state index is 10.5. The molecule has 2 N–H and O–H groups in total. The molecule has 0 atom stereocenters. The molecule has 32 heavy (non-hydrogen) atoms. The molecule has 0 aromatic rings. The van der Waals surface area contributed by atoms with E-state index in [2.05, 4.69) is 11.4 Å². The Hall–Kier alpha value is 1.75. The Morgan fingerprint density at radius 1 is 0.500 bits per heavy atom. The van der Waals surface area contributed by atoms with E-state index in [1.54, 1.807) is 0 Å². The zero-order valence-electron chi connectivity index (χ0n) is 22.8. The molecule has 6 heteroatoms. The molecule has 0 aliphatic rings. The van der Waals surface area contributed by atoms with Gasteiger partial charge in [-0.1, -0.05) is 155 Å². The van der Waals surface area contributed by atoms with Gasteiger partial charge in [0.25, 0.3) is 0 Å². The van der Waals surface area contributed by atoms with Crippen molar-refractivity contribution in [2.45, 2.75) is 161 Å². The zero-order valence-corrected chi connectivity index (χ0v) is 25.9. The van der Waals surface area contributed by atoms with Crippen molar-refractivity contribution < 1.29 is 71.7 Å². The number of hydrogen-bond donors (Lipinski definition) is 2. The summed E-state index contributed by atoms with van der Waals surface area (Å²) in [4.78, 5) is 17.2. The summed E-state index contributed by atoms with van der Waals surface area (Å²) in [5.74, 6) is 0. The second-order valence-electron chi connectivity index (χ2n) is 9.46. The van der Waals surface area contributed by atoms with Gasteiger partial charge in [-0.2, -0.15) is 0 Å². The smallest absolute Gasteiger partial charge is 1.00 e. The minimum absolute atomic E-state index is 0. The molecule has 0 bridgehead atoms. The van der Waals surface area contributed by atoms with Gasteiger partial charge >= 0.3 is 59.2 Å². The fourth-order valence-electron chi connectivity index (χ4n) is 4.25. The number of phosphoric ester groups is 1. The molecule has 0 radical (unpaired) electrons. The Morgan fingerprint density at radius 2 is 0.719 bits per heavy atom. The van der Waals surface area contributed by atoms with E-state index in [-0.39, 0.29) is 59.4 Å². The first-order valence-corrected chi connectivity index (χ1v) is 15.3. The quantitative estimate of drug-likeness (QED) is 0.0795. The molecule has 0 spiro atoms. The molecule has 190 valence electrons. The Bertz CT molecular complexity index is 396. The van der Waals surface area contributed by atoms with Crippen molar-refractivity contribution in [1.82, 2.24) is 0 Å². The van der Waals surface area contributed by atoms with E-state index in [1.807, 2.05) is 0 Å². The van der Waals surface area contributed by atoms with E-state index in [9.17, 15) is 4.57 Å². The van der Waals surface area contributed by atoms with Crippen LogP contribution in [0.25, 0.3) is 0 Å². The molecule has 0 saturated heterocycles. The summed E-state index contributed by atoms with van der Waals surface area (Å²) in [6, 6.07) is 0. The third-order valence-electron chi connectivity index (χ3n) is 6.26. The van der Waals surface area contributed by atoms with Crippen LogP contribution >= 0.6 is 7.82 Å². The summed E-state index contributed by atoms with van der Waals surface area (Å²) in [5.41, 5.74) is 0. The molecule has 0 aliphatic carbocycles. The molecular weight excluding hydrogens is 446 g/mol. The van der Waals surface area contributed by atoms with Crippen LogP contribution in [0.5, 0.6) is 0 Å². The minimum atomic E-state index is -4.26. The molecular formula is C26H56KO4P. The Kier molecular flexibility index (Phi) is 32.5. The molecule has 0 amide bonds. The topological polar surface area (TPSA) is 66.8 Å². The molecule has 0 fully saturated rings. The van der Waals surface area contributed by atoms with Gasteiger partial charge in [-0.05, 0) is 6.42 Å². The Labute approximate surface area is 245 Å². The third kappa shape index (κ3) is 33.9. The maximum absolute atomic E-state index is 10.5. The third-order valence-corrected chi connectivity index (χ3v) is 6.78. The van der Waals surface area contributed by atoms with Crippen molar-refractivity contribution in [2.24, 2.45) is 0 Å². The average Bonchev–Trinajstić information content (AvgIpc) is 2.73. The molecule has 0 aliphatic heterocycles. The van der Waals surface area contributed by atoms with Crippen molar-refractivity contribution in [3.63, 3.8) is 0 Å². The van der Waals surface area contributed by atoms with E-state index < -0.39 is 7.82 Å². The summed E-state index contributed by atoms with van der Waals surface area (Å²) in [6.45, 7) is 2.46. The van der Waals surface area contributed by atoms with Crippen LogP contribution < -0.4 is 51.4 Å². The largest absolute Gasteiger partial charge is 1.00 e. The van der Waals surface area contributed by atoms with Gasteiger partial charge in [0.05, 0.1) is 6.61 Å². The molecule has 0 heterocycles. The zero-order chi connectivity index (χ0) is 22.9. The summed E-state index contributed by atoms with van der Waals surface area (Å²) in [6.07, 6.45) is 32.5. The molecule has 0 aromatic carbocycles. The van der Waals surface area contributed by atoms with Crippen molar-refractivity contribution >= 4 is 7.82 Å². The van der Waals surface area contributed by atoms with E-state index in [4.69, 9.17) is 9.79 Å². The van der Waals surface area contributed by atoms with E-state index in [0.717, 1.165) is 19.3 Å². The van der Waals surface area contributed by atoms with Gasteiger partial charge in [0, 0.05) is 0 Å². The maximum Gasteiger partial charge on any atom is 1.00 e. The minimum Gasteiger partial charge on any atom is -1.00 e. The van der Waals surface area contributed by atoms with Crippen LogP contribution in [0.4, 0.5) is 0 Å². The SMILES string of the molecule is CCCCCCCCCCCCCCCCCCCCCCCCCCOP(=O)(O)O.[H-].[K+]. The van der Waals surface area contributed by atoms with Crippen LogP contribution in [-0.2, 0) is 9.09 Å². The van der Waals surface area contributed by atoms with E-state index in [1.165, 1.54) is 135 Å². The molecule has 4 nitrogen and oxygen atoms in total. The first-order valence-electron chi connectivity index (χ1n) is 13.8. The Morgan fingerprint density at radius 3 is 0.938 bits per heavy atom. The van der Waals surface area contributed by atoms with Gasteiger partial charge in [0.2, 0.25) is 0 Å². The average molecular weight is 503 g/mol. The predicted molar refractivity (Wildman–Crippen MR) is 136 cm³/mol. The van der Waals surface area contributed by atoms with E-state index >= 15 is 0 Å². The van der Waals surface area contributed by atoms with Crippen molar-refractivity contribution in [3.05, 3.63) is 0 Å². The summed E-state index contributed by atoms with van der Waals surface area (Å²) >= 11 is 0. The van der Waals surface area contributed by atoms with Crippen LogP contribution in [0.15, 0.2) is 0 Å². The monoisotopic (exact) mass is 502 g/mol. The second kappa shape index (κ2) is 29.0. The van der Waals surface area contributed by atoms with E-state index in [0.29, 0.717) is 0 Å². The first kappa shape index (κ1) is 35.9. The fraction of sp³-hybridized carbons (Fsp3) is 1.00. The molecule has 0 rings (SSSR count). The summed E-state index contributed by atoms with van der Waals surface area (Å²) in [7, 11) is -4.26. The van der Waals surface area contributed by atoms with Crippen LogP contribution in [0.3, 0.4) is 0 Å². The van der Waals surface area contributed by atoms with Crippen LogP contribution in [0.2, 0.25) is 0 Å². The predicted octanol–water partition coefficient (Wildman–Crippen LogP) is 6.59. The molecule has 0 saturated carbocycles. The van der Waals surface area contributed by atoms with Gasteiger partial charge < -0.3 is 11.2 Å². The molecule has 0 aromatic heterocycles. The second-order valence-corrected chi connectivity index (χ2v) is 10.7. The van der Waals surface area contributed by atoms with Gasteiger partial charge in [0.1, 0.15) is 0 Å². The Balaban J connectivity index is -0.00000450. The number of unbranched alkanes of at least 4 members (excludes halogenated alkanes) is 23. The normalized spacial score (nSPS) is 11.6. The van der Waals surface area contributed by atoms with Crippen molar-refractivity contribution in [2.75, 3.05) is 6.61 Å². The van der Waals surface area contributed by atoms with Gasteiger partial charge in [0.15, 0.2) is 0 Å². The van der Waals surface area contributed by atoms with Gasteiger partial charge in [-0.25, -0.2) is 4.57 Å². The fourth-order valence-corrected chi connectivity index (χ4v) is 4.61. The van der Waals surface area contributed by atoms with Crippen molar-refractivity contribution in [3.8, 4) is 0 Å². The first-order chi connectivity index (χ1) is 15.1.